The van der Waals surface area contributed by atoms with E-state index in [1.165, 1.54) is 0 Å². The number of carbonyl (C=O) groups is 2. The fourth-order valence-corrected chi connectivity index (χ4v) is 6.69. The summed E-state index contributed by atoms with van der Waals surface area (Å²) in [5.41, 5.74) is 2.95. The monoisotopic (exact) mass is 455 g/mol. The van der Waals surface area contributed by atoms with Gasteiger partial charge in [-0.15, -0.1) is 0 Å². The highest BCUT2D eigenvalue weighted by molar-refractivity contribution is 6.31. The molecule has 1 aromatic heterocycles. The zero-order valence-corrected chi connectivity index (χ0v) is 18.6. The average molecular weight is 456 g/mol. The molecule has 2 saturated carbocycles. The largest absolute Gasteiger partial charge is 0.342 e. The number of aromatic nitrogens is 1. The van der Waals surface area contributed by atoms with E-state index in [-0.39, 0.29) is 35.5 Å². The average Bonchev–Trinajstić information content (AvgIpc) is 3.54. The van der Waals surface area contributed by atoms with Crippen molar-refractivity contribution in [1.29, 1.82) is 0 Å². The molecular weight excluding hydrogens is 434 g/mol. The van der Waals surface area contributed by atoms with Gasteiger partial charge in [-0.25, -0.2) is 0 Å². The summed E-state index contributed by atoms with van der Waals surface area (Å²) in [6.07, 6.45) is 9.19. The molecule has 3 aromatic rings. The number of hydrogen-bond acceptors (Lipinski definition) is 3. The zero-order valence-electron chi connectivity index (χ0n) is 17.8. The third kappa shape index (κ3) is 2.75. The van der Waals surface area contributed by atoms with Crippen molar-refractivity contribution in [2.45, 2.75) is 13.0 Å². The molecule has 0 N–H and O–H groups in total. The van der Waals surface area contributed by atoms with Gasteiger partial charge in [0.2, 0.25) is 0 Å². The Labute approximate surface area is 196 Å². The van der Waals surface area contributed by atoms with Crippen LogP contribution in [0.3, 0.4) is 0 Å². The number of para-hydroxylation sites is 1. The first-order valence-electron chi connectivity index (χ1n) is 11.5. The Bertz CT molecular complexity index is 1350. The number of fused-ring (bicyclic) bond motifs is 1. The van der Waals surface area contributed by atoms with Crippen molar-refractivity contribution in [3.05, 3.63) is 83.0 Å². The molecule has 0 radical (unpaired) electrons. The predicted octanol–water partition coefficient (Wildman–Crippen LogP) is 4.73. The topological polar surface area (TPSA) is 54.7 Å². The van der Waals surface area contributed by atoms with Crippen LogP contribution in [-0.2, 0) is 16.1 Å². The molecule has 33 heavy (non-hydrogen) atoms. The number of hydrogen-bond donors (Lipinski definition) is 0. The molecule has 5 aliphatic rings. The summed E-state index contributed by atoms with van der Waals surface area (Å²) in [7, 11) is 0. The first-order chi connectivity index (χ1) is 16.1. The molecule has 164 valence electrons. The predicted molar refractivity (Wildman–Crippen MR) is 127 cm³/mol. The van der Waals surface area contributed by atoms with E-state index in [4.69, 9.17) is 11.6 Å². The minimum Gasteiger partial charge on any atom is -0.342 e. The lowest BCUT2D eigenvalue weighted by Gasteiger charge is -2.37. The van der Waals surface area contributed by atoms with Gasteiger partial charge in [0.1, 0.15) is 0 Å². The van der Waals surface area contributed by atoms with Crippen LogP contribution in [0, 0.1) is 35.5 Å². The van der Waals surface area contributed by atoms with Crippen molar-refractivity contribution in [3.63, 3.8) is 0 Å². The number of carbonyl (C=O) groups excluding carboxylic acids is 2. The summed E-state index contributed by atoms with van der Waals surface area (Å²) in [5.74, 6) is 0.870. The van der Waals surface area contributed by atoms with Gasteiger partial charge in [-0.05, 0) is 47.8 Å². The summed E-state index contributed by atoms with van der Waals surface area (Å²) in [5, 5.41) is 7.34. The lowest BCUT2D eigenvalue weighted by Crippen LogP contribution is -2.40. The van der Waals surface area contributed by atoms with Crippen LogP contribution < -0.4 is 0 Å². The van der Waals surface area contributed by atoms with E-state index >= 15 is 0 Å². The Morgan fingerprint density at radius 3 is 2.33 bits per heavy atom. The van der Waals surface area contributed by atoms with Gasteiger partial charge in [0.15, 0.2) is 0 Å². The van der Waals surface area contributed by atoms with E-state index in [1.807, 2.05) is 48.7 Å². The minimum absolute atomic E-state index is 0.134. The summed E-state index contributed by atoms with van der Waals surface area (Å²) < 4.78 is 2.13. The van der Waals surface area contributed by atoms with Crippen LogP contribution in [0.2, 0.25) is 5.02 Å². The molecule has 0 spiro atoms. The summed E-state index contributed by atoms with van der Waals surface area (Å²) in [6.45, 7) is 0.623. The zero-order chi connectivity index (χ0) is 22.3. The van der Waals surface area contributed by atoms with Crippen molar-refractivity contribution in [2.75, 3.05) is 0 Å². The first-order valence-corrected chi connectivity index (χ1v) is 11.9. The number of benzene rings is 2. The quantitative estimate of drug-likeness (QED) is 0.324. The van der Waals surface area contributed by atoms with Crippen LogP contribution in [0.5, 0.6) is 0 Å². The maximum Gasteiger partial charge on any atom is 0.254 e. The van der Waals surface area contributed by atoms with Gasteiger partial charge in [-0.3, -0.25) is 9.59 Å². The molecule has 1 saturated heterocycles. The van der Waals surface area contributed by atoms with Gasteiger partial charge in [0.05, 0.1) is 18.1 Å². The smallest absolute Gasteiger partial charge is 0.254 e. The second-order valence-electron chi connectivity index (χ2n) is 9.71. The molecule has 4 aliphatic carbocycles. The van der Waals surface area contributed by atoms with Crippen LogP contribution in [0.1, 0.15) is 17.5 Å². The van der Waals surface area contributed by atoms with E-state index < -0.39 is 0 Å². The van der Waals surface area contributed by atoms with E-state index in [1.54, 1.807) is 6.21 Å². The highest BCUT2D eigenvalue weighted by atomic mass is 35.5. The van der Waals surface area contributed by atoms with Gasteiger partial charge in [-0.2, -0.15) is 10.1 Å². The number of hydrazone groups is 1. The summed E-state index contributed by atoms with van der Waals surface area (Å²) in [6, 6.07) is 15.9. The Hall–Kier alpha value is -3.18. The highest BCUT2D eigenvalue weighted by Crippen LogP contribution is 2.65. The number of halogens is 1. The van der Waals surface area contributed by atoms with Gasteiger partial charge in [0.25, 0.3) is 11.8 Å². The van der Waals surface area contributed by atoms with Crippen LogP contribution in [0.4, 0.5) is 0 Å². The van der Waals surface area contributed by atoms with E-state index in [0.29, 0.717) is 18.4 Å². The molecule has 2 aromatic carbocycles. The third-order valence-corrected chi connectivity index (χ3v) is 8.44. The number of rotatable bonds is 4. The van der Waals surface area contributed by atoms with Gasteiger partial charge < -0.3 is 4.57 Å². The summed E-state index contributed by atoms with van der Waals surface area (Å²) >= 11 is 6.39. The Balaban J connectivity index is 1.22. The van der Waals surface area contributed by atoms with E-state index in [0.717, 1.165) is 38.5 Å². The lowest BCUT2D eigenvalue weighted by molar-refractivity contribution is -0.140. The second-order valence-corrected chi connectivity index (χ2v) is 10.1. The molecule has 8 rings (SSSR count). The molecule has 0 unspecified atom stereocenters. The molecule has 1 aliphatic heterocycles. The van der Waals surface area contributed by atoms with Crippen LogP contribution in [0.25, 0.3) is 10.9 Å². The molecule has 2 heterocycles. The SMILES string of the molecule is O=C1[C@@H]2[C@@H]3C=C[C@H]([C@H]4C[C@H]34)[C@@H]2C(=O)N1/N=C/c1cn(Cc2ccccc2Cl)c2ccccc12. The number of allylic oxidation sites excluding steroid dienone is 2. The fraction of sp³-hybridized carbons (Fsp3) is 0.296. The normalized spacial score (nSPS) is 31.6. The number of amides is 2. The van der Waals surface area contributed by atoms with Crippen LogP contribution >= 0.6 is 11.6 Å². The molecule has 6 heteroatoms. The molecule has 6 atom stereocenters. The van der Waals surface area contributed by atoms with Crippen molar-refractivity contribution in [2.24, 2.45) is 40.6 Å². The molecule has 3 fully saturated rings. The van der Waals surface area contributed by atoms with Gasteiger partial charge in [0, 0.05) is 34.2 Å². The van der Waals surface area contributed by atoms with Gasteiger partial charge >= 0.3 is 0 Å². The lowest BCUT2D eigenvalue weighted by atomic mass is 9.63. The van der Waals surface area contributed by atoms with E-state index in [9.17, 15) is 9.59 Å². The minimum atomic E-state index is -0.227. The second kappa shape index (κ2) is 6.91. The highest BCUT2D eigenvalue weighted by Gasteiger charge is 2.67. The number of nitrogens with zero attached hydrogens (tertiary/aromatic N) is 3. The fourth-order valence-electron chi connectivity index (χ4n) is 6.49. The maximum absolute atomic E-state index is 13.2. The van der Waals surface area contributed by atoms with Crippen LogP contribution in [0.15, 0.2) is 72.0 Å². The first kappa shape index (κ1) is 19.3. The standard InChI is InChI=1S/C27H22ClN3O2/c28-22-7-3-1-5-15(22)13-30-14-16(17-6-2-4-8-23(17)30)12-29-31-26(32)24-18-9-10-19(21-11-20(18)21)25(24)27(31)33/h1-10,12,14,18-21,24-25H,11,13H2/b29-12+/t18-,19-,20-,21-,24-,25+/m1/s1. The maximum atomic E-state index is 13.2. The van der Waals surface area contributed by atoms with Gasteiger partial charge in [-0.1, -0.05) is 60.2 Å². The molecule has 2 bridgehead atoms. The van der Waals surface area contributed by atoms with Crippen molar-refractivity contribution < 1.29 is 9.59 Å². The molecule has 5 nitrogen and oxygen atoms in total. The Kier molecular flexibility index (Phi) is 4.04. The Morgan fingerprint density at radius 2 is 1.61 bits per heavy atom. The van der Waals surface area contributed by atoms with Crippen LogP contribution in [-0.4, -0.2) is 27.6 Å². The van der Waals surface area contributed by atoms with Crippen molar-refractivity contribution >= 4 is 40.5 Å². The number of imide groups is 1. The third-order valence-electron chi connectivity index (χ3n) is 8.07. The Morgan fingerprint density at radius 1 is 0.939 bits per heavy atom. The van der Waals surface area contributed by atoms with Crippen molar-refractivity contribution in [1.82, 2.24) is 9.58 Å². The molecular formula is C27H22ClN3O2. The van der Waals surface area contributed by atoms with Crippen molar-refractivity contribution in [3.8, 4) is 0 Å². The van der Waals surface area contributed by atoms with E-state index in [2.05, 4.69) is 27.9 Å². The molecule has 2 amide bonds. The summed E-state index contributed by atoms with van der Waals surface area (Å²) in [4.78, 5) is 26.4.